The minimum absolute atomic E-state index is 0.0339. The van der Waals surface area contributed by atoms with Gasteiger partial charge in [-0.05, 0) is 18.2 Å². The van der Waals surface area contributed by atoms with Crippen molar-refractivity contribution in [2.45, 2.75) is 6.04 Å². The molecule has 1 aromatic heterocycles. The Morgan fingerprint density at radius 1 is 1.00 bits per heavy atom. The number of nitrogens with two attached hydrogens (primary N) is 1. The number of aromatic nitrogens is 1. The highest BCUT2D eigenvalue weighted by atomic mass is 32.1. The molecule has 0 fully saturated rings. The molecule has 2 aromatic carbocycles. The highest BCUT2D eigenvalue weighted by Gasteiger charge is 2.39. The minimum Gasteiger partial charge on any atom is -0.466 e. The van der Waals surface area contributed by atoms with Gasteiger partial charge in [0.1, 0.15) is 27.9 Å². The van der Waals surface area contributed by atoms with E-state index in [2.05, 4.69) is 0 Å². The molecule has 0 aliphatic carbocycles. The maximum Gasteiger partial charge on any atom is 0.342 e. The summed E-state index contributed by atoms with van der Waals surface area (Å²) < 4.78 is 40.0. The Morgan fingerprint density at radius 3 is 2.24 bits per heavy atom. The fraction of sp³-hybridized carbons (Fsp3) is 0.125. The molecule has 1 aliphatic heterocycles. The van der Waals surface area contributed by atoms with Crippen LogP contribution >= 0.6 is 11.3 Å². The summed E-state index contributed by atoms with van der Waals surface area (Å²) in [4.78, 5) is 39.0. The first-order chi connectivity index (χ1) is 16.3. The van der Waals surface area contributed by atoms with Crippen molar-refractivity contribution in [2.24, 2.45) is 5.73 Å². The number of nitrogens with zero attached hydrogens (tertiary/aromatic N) is 1. The van der Waals surface area contributed by atoms with Crippen LogP contribution < -0.4 is 20.5 Å². The maximum absolute atomic E-state index is 14.9. The van der Waals surface area contributed by atoms with Crippen LogP contribution in [0.3, 0.4) is 0 Å². The lowest BCUT2D eigenvalue weighted by Crippen LogP contribution is -2.43. The predicted molar refractivity (Wildman–Crippen MR) is 121 cm³/mol. The van der Waals surface area contributed by atoms with E-state index in [1.54, 1.807) is 6.07 Å². The van der Waals surface area contributed by atoms with E-state index in [-0.39, 0.29) is 37.2 Å². The molecule has 10 heteroatoms. The third kappa shape index (κ3) is 3.71. The van der Waals surface area contributed by atoms with Gasteiger partial charge in [-0.1, -0.05) is 36.4 Å². The van der Waals surface area contributed by atoms with Crippen LogP contribution in [0.1, 0.15) is 17.2 Å². The molecule has 0 radical (unpaired) electrons. The summed E-state index contributed by atoms with van der Waals surface area (Å²) in [6.07, 6.45) is 1.31. The number of hydrogen-bond acceptors (Lipinski definition) is 7. The fourth-order valence-corrected chi connectivity index (χ4v) is 4.95. The number of rotatable bonds is 4. The van der Waals surface area contributed by atoms with E-state index in [1.165, 1.54) is 48.5 Å². The average molecular weight is 484 g/mol. The molecule has 0 saturated carbocycles. The molecule has 0 unspecified atom stereocenters. The normalized spacial score (nSPS) is 15.8. The second kappa shape index (κ2) is 9.06. The van der Waals surface area contributed by atoms with Crippen molar-refractivity contribution >= 4 is 34.9 Å². The van der Waals surface area contributed by atoms with E-state index < -0.39 is 35.2 Å². The van der Waals surface area contributed by atoms with Crippen LogP contribution in [0.15, 0.2) is 64.6 Å². The van der Waals surface area contributed by atoms with Crippen LogP contribution in [-0.4, -0.2) is 30.7 Å². The monoisotopic (exact) mass is 484 g/mol. The lowest BCUT2D eigenvalue weighted by atomic mass is 9.91. The minimum atomic E-state index is -1.33. The largest absolute Gasteiger partial charge is 0.466 e. The second-order valence-electron chi connectivity index (χ2n) is 7.22. The quantitative estimate of drug-likeness (QED) is 0.561. The van der Waals surface area contributed by atoms with E-state index in [1.807, 2.05) is 0 Å². The molecule has 174 valence electrons. The summed E-state index contributed by atoms with van der Waals surface area (Å²) in [6.45, 7) is 0. The van der Waals surface area contributed by atoms with Crippen LogP contribution in [0.2, 0.25) is 0 Å². The number of carbonyl (C=O) groups is 2. The molecule has 34 heavy (non-hydrogen) atoms. The van der Waals surface area contributed by atoms with Crippen LogP contribution in [0, 0.1) is 11.6 Å². The fourth-order valence-electron chi connectivity index (χ4n) is 3.79. The molecule has 7 nitrogen and oxygen atoms in total. The highest BCUT2D eigenvalue weighted by molar-refractivity contribution is 7.07. The SMILES string of the molecule is COC(=O)C1=C(N)C(C(=O)OC)=c2s/c(=C/c3ccccc3F)c(=O)n2[C@H]1c1ccccc1F. The Balaban J connectivity index is 2.17. The Bertz CT molecular complexity index is 1540. The molecule has 0 spiro atoms. The van der Waals surface area contributed by atoms with Gasteiger partial charge < -0.3 is 15.2 Å². The lowest BCUT2D eigenvalue weighted by Gasteiger charge is -2.27. The number of ether oxygens (including phenoxy) is 2. The van der Waals surface area contributed by atoms with Gasteiger partial charge in [-0.2, -0.15) is 0 Å². The van der Waals surface area contributed by atoms with Gasteiger partial charge in [0.15, 0.2) is 0 Å². The van der Waals surface area contributed by atoms with Crippen molar-refractivity contribution < 1.29 is 27.8 Å². The molecule has 2 heterocycles. The number of halogens is 2. The number of fused-ring (bicyclic) bond motifs is 1. The molecule has 0 amide bonds. The van der Waals surface area contributed by atoms with Gasteiger partial charge in [0.25, 0.3) is 5.56 Å². The van der Waals surface area contributed by atoms with Crippen LogP contribution in [0.25, 0.3) is 11.6 Å². The predicted octanol–water partition coefficient (Wildman–Crippen LogP) is 1.33. The Kier molecular flexibility index (Phi) is 6.16. The lowest BCUT2D eigenvalue weighted by molar-refractivity contribution is -0.136. The maximum atomic E-state index is 14.9. The van der Waals surface area contributed by atoms with Crippen molar-refractivity contribution in [1.82, 2.24) is 4.57 Å². The topological polar surface area (TPSA) is 101 Å². The molecule has 1 aliphatic rings. The summed E-state index contributed by atoms with van der Waals surface area (Å²) >= 11 is 0.848. The van der Waals surface area contributed by atoms with Crippen molar-refractivity contribution in [1.29, 1.82) is 0 Å². The van der Waals surface area contributed by atoms with Gasteiger partial charge in [-0.15, -0.1) is 11.3 Å². The smallest absolute Gasteiger partial charge is 0.342 e. The Morgan fingerprint density at radius 2 is 1.62 bits per heavy atom. The number of benzene rings is 2. The molecule has 2 N–H and O–H groups in total. The number of methoxy groups -OCH3 is 2. The van der Waals surface area contributed by atoms with E-state index in [9.17, 15) is 23.2 Å². The Labute approximate surface area is 195 Å². The average Bonchev–Trinajstić information content (AvgIpc) is 3.14. The number of carbonyl (C=O) groups excluding carboxylic acids is 2. The summed E-state index contributed by atoms with van der Waals surface area (Å²) in [7, 11) is 2.22. The molecule has 1 atom stereocenters. The second-order valence-corrected chi connectivity index (χ2v) is 8.25. The first-order valence-corrected chi connectivity index (χ1v) is 10.7. The third-order valence-corrected chi connectivity index (χ3v) is 6.45. The van der Waals surface area contributed by atoms with Gasteiger partial charge in [-0.3, -0.25) is 9.36 Å². The zero-order valence-electron chi connectivity index (χ0n) is 18.0. The molecule has 3 aromatic rings. The molecular weight excluding hydrogens is 466 g/mol. The van der Waals surface area contributed by atoms with Crippen molar-refractivity contribution in [2.75, 3.05) is 14.2 Å². The zero-order chi connectivity index (χ0) is 24.6. The van der Waals surface area contributed by atoms with Crippen LogP contribution in [0.4, 0.5) is 8.78 Å². The van der Waals surface area contributed by atoms with E-state index in [0.717, 1.165) is 30.1 Å². The van der Waals surface area contributed by atoms with Crippen molar-refractivity contribution in [3.05, 3.63) is 102 Å². The van der Waals surface area contributed by atoms with E-state index in [4.69, 9.17) is 15.2 Å². The number of esters is 2. The van der Waals surface area contributed by atoms with E-state index >= 15 is 0 Å². The molecule has 0 saturated heterocycles. The first kappa shape index (κ1) is 23.1. The van der Waals surface area contributed by atoms with Gasteiger partial charge in [-0.25, -0.2) is 18.4 Å². The first-order valence-electron chi connectivity index (χ1n) is 9.93. The van der Waals surface area contributed by atoms with Crippen LogP contribution in [-0.2, 0) is 19.1 Å². The summed E-state index contributed by atoms with van der Waals surface area (Å²) in [5, 5.41) is 0. The van der Waals surface area contributed by atoms with Gasteiger partial charge in [0, 0.05) is 11.1 Å². The number of hydrogen-bond donors (Lipinski definition) is 1. The van der Waals surface area contributed by atoms with Gasteiger partial charge in [0.05, 0.1) is 30.0 Å². The number of thiazole rings is 1. The van der Waals surface area contributed by atoms with Crippen LogP contribution in [0.5, 0.6) is 0 Å². The van der Waals surface area contributed by atoms with E-state index in [0.29, 0.717) is 0 Å². The van der Waals surface area contributed by atoms with Crippen molar-refractivity contribution in [3.8, 4) is 0 Å². The third-order valence-electron chi connectivity index (χ3n) is 5.35. The molecular formula is C24H18F2N2O5S. The summed E-state index contributed by atoms with van der Waals surface area (Å²) in [5.41, 5.74) is 4.83. The van der Waals surface area contributed by atoms with Gasteiger partial charge in [0.2, 0.25) is 0 Å². The standard InChI is InChI=1S/C24H18F2N2O5S/c1-32-23(30)17-19(27)18(24(31)33-2)22-28(20(17)13-8-4-6-10-15(13)26)21(29)16(34-22)11-12-7-3-5-9-14(12)25/h3-11,20H,27H2,1-2H3/b16-11+/t20-/m0/s1. The summed E-state index contributed by atoms with van der Waals surface area (Å²) in [6, 6.07) is 10.0. The molecule has 4 rings (SSSR count). The zero-order valence-corrected chi connectivity index (χ0v) is 18.8. The highest BCUT2D eigenvalue weighted by Crippen LogP contribution is 2.33. The van der Waals surface area contributed by atoms with Gasteiger partial charge >= 0.3 is 11.9 Å². The van der Waals surface area contributed by atoms with Crippen molar-refractivity contribution in [3.63, 3.8) is 0 Å². The Hall–Kier alpha value is -4.05. The summed E-state index contributed by atoms with van der Waals surface area (Å²) in [5.74, 6) is -3.12. The molecule has 0 bridgehead atoms.